The lowest BCUT2D eigenvalue weighted by Gasteiger charge is -2.22. The van der Waals surface area contributed by atoms with Gasteiger partial charge in [-0.3, -0.25) is 4.79 Å². The summed E-state index contributed by atoms with van der Waals surface area (Å²) in [6, 6.07) is 8.51. The van der Waals surface area contributed by atoms with E-state index in [1.807, 2.05) is 0 Å². The number of rotatable bonds is 4. The van der Waals surface area contributed by atoms with Gasteiger partial charge >= 0.3 is 6.18 Å². The lowest BCUT2D eigenvalue weighted by atomic mass is 10.2. The van der Waals surface area contributed by atoms with E-state index in [0.717, 1.165) is 6.08 Å². The number of amides is 1. The molecule has 2 nitrogen and oxygen atoms in total. The maximum absolute atomic E-state index is 12.3. The second-order valence-electron chi connectivity index (χ2n) is 3.50. The van der Waals surface area contributed by atoms with Crippen molar-refractivity contribution < 1.29 is 18.0 Å². The third kappa shape index (κ3) is 4.72. The molecule has 0 N–H and O–H groups in total. The van der Waals surface area contributed by atoms with Crippen molar-refractivity contribution in [3.63, 3.8) is 0 Å². The van der Waals surface area contributed by atoms with E-state index in [-0.39, 0.29) is 6.54 Å². The first kappa shape index (κ1) is 13.3. The first-order chi connectivity index (χ1) is 7.92. The van der Waals surface area contributed by atoms with Crippen LogP contribution in [0.3, 0.4) is 0 Å². The molecule has 0 aromatic heterocycles. The Labute approximate surface area is 97.3 Å². The number of nitrogens with zero attached hydrogens (tertiary/aromatic N) is 1. The monoisotopic (exact) mass is 243 g/mol. The van der Waals surface area contributed by atoms with Crippen LogP contribution in [0.4, 0.5) is 13.2 Å². The molecule has 0 unspecified atom stereocenters. The van der Waals surface area contributed by atoms with Gasteiger partial charge in [0.1, 0.15) is 6.54 Å². The number of carbonyl (C=O) groups is 1. The predicted octanol–water partition coefficient (Wildman–Crippen LogP) is 2.76. The minimum atomic E-state index is -4.41. The first-order valence-electron chi connectivity index (χ1n) is 4.94. The smallest absolute Gasteiger partial charge is 0.326 e. The van der Waals surface area contributed by atoms with Crippen LogP contribution in [0.1, 0.15) is 5.56 Å². The molecule has 17 heavy (non-hydrogen) atoms. The zero-order valence-electron chi connectivity index (χ0n) is 9.07. The molecule has 0 fully saturated rings. The Kier molecular flexibility index (Phi) is 4.31. The molecule has 0 heterocycles. The summed E-state index contributed by atoms with van der Waals surface area (Å²) < 4.78 is 36.8. The standard InChI is InChI=1S/C12H12F3NO/c1-2-11(17)16(9-12(13,14)15)8-10-6-4-3-5-7-10/h2-7H,1,8-9H2. The molecule has 1 aromatic rings. The zero-order chi connectivity index (χ0) is 12.9. The van der Waals surface area contributed by atoms with Crippen LogP contribution in [0.25, 0.3) is 0 Å². The van der Waals surface area contributed by atoms with Gasteiger partial charge in [0.15, 0.2) is 0 Å². The molecule has 0 saturated heterocycles. The average molecular weight is 243 g/mol. The molecule has 0 saturated carbocycles. The third-order valence-electron chi connectivity index (χ3n) is 2.07. The summed E-state index contributed by atoms with van der Waals surface area (Å²) in [6.45, 7) is 1.85. The summed E-state index contributed by atoms with van der Waals surface area (Å²) in [5.41, 5.74) is 0.645. The molecule has 92 valence electrons. The Bertz CT molecular complexity index is 386. The van der Waals surface area contributed by atoms with Gasteiger partial charge in [-0.1, -0.05) is 36.9 Å². The molecule has 0 atom stereocenters. The minimum absolute atomic E-state index is 0.0782. The Balaban J connectivity index is 2.78. The Morgan fingerprint density at radius 2 is 1.88 bits per heavy atom. The summed E-state index contributed by atoms with van der Waals surface area (Å²) in [4.78, 5) is 12.0. The fraction of sp³-hybridized carbons (Fsp3) is 0.250. The average Bonchev–Trinajstić information content (AvgIpc) is 2.27. The number of halogens is 3. The Morgan fingerprint density at radius 1 is 1.29 bits per heavy atom. The van der Waals surface area contributed by atoms with Gasteiger partial charge in [-0.25, -0.2) is 0 Å². The molecule has 0 aliphatic rings. The lowest BCUT2D eigenvalue weighted by molar-refractivity contribution is -0.159. The highest BCUT2D eigenvalue weighted by molar-refractivity contribution is 5.87. The van der Waals surface area contributed by atoms with Crippen LogP contribution in [0.15, 0.2) is 43.0 Å². The van der Waals surface area contributed by atoms with Gasteiger partial charge < -0.3 is 4.90 Å². The number of benzene rings is 1. The van der Waals surface area contributed by atoms with E-state index >= 15 is 0 Å². The van der Waals surface area contributed by atoms with Gasteiger partial charge in [0.2, 0.25) is 5.91 Å². The molecule has 0 aliphatic heterocycles. The number of hydrogen-bond acceptors (Lipinski definition) is 1. The predicted molar refractivity (Wildman–Crippen MR) is 58.1 cm³/mol. The number of alkyl halides is 3. The molecule has 1 amide bonds. The van der Waals surface area contributed by atoms with Gasteiger partial charge in [-0.15, -0.1) is 0 Å². The minimum Gasteiger partial charge on any atom is -0.326 e. The maximum Gasteiger partial charge on any atom is 0.406 e. The summed E-state index contributed by atoms with van der Waals surface area (Å²) in [6.07, 6.45) is -3.53. The van der Waals surface area contributed by atoms with Gasteiger partial charge in [0, 0.05) is 6.54 Å². The fourth-order valence-electron chi connectivity index (χ4n) is 1.36. The van der Waals surface area contributed by atoms with E-state index in [9.17, 15) is 18.0 Å². The van der Waals surface area contributed by atoms with Crippen molar-refractivity contribution >= 4 is 5.91 Å². The van der Waals surface area contributed by atoms with Crippen molar-refractivity contribution in [3.8, 4) is 0 Å². The summed E-state index contributed by atoms with van der Waals surface area (Å²) in [7, 11) is 0. The van der Waals surface area contributed by atoms with E-state index in [1.165, 1.54) is 0 Å². The van der Waals surface area contributed by atoms with Gasteiger partial charge in [-0.05, 0) is 11.6 Å². The molecule has 0 spiro atoms. The van der Waals surface area contributed by atoms with Crippen molar-refractivity contribution in [3.05, 3.63) is 48.6 Å². The summed E-state index contributed by atoms with van der Waals surface area (Å²) >= 11 is 0. The topological polar surface area (TPSA) is 20.3 Å². The van der Waals surface area contributed by atoms with E-state index in [2.05, 4.69) is 6.58 Å². The van der Waals surface area contributed by atoms with Gasteiger partial charge in [0.05, 0.1) is 0 Å². The van der Waals surface area contributed by atoms with Crippen molar-refractivity contribution in [2.24, 2.45) is 0 Å². The van der Waals surface area contributed by atoms with Crippen molar-refractivity contribution in [2.45, 2.75) is 12.7 Å². The molecule has 0 radical (unpaired) electrons. The molecule has 0 aliphatic carbocycles. The largest absolute Gasteiger partial charge is 0.406 e. The van der Waals surface area contributed by atoms with Crippen LogP contribution in [0, 0.1) is 0 Å². The molecule has 5 heteroatoms. The van der Waals surface area contributed by atoms with Crippen molar-refractivity contribution in [2.75, 3.05) is 6.54 Å². The second-order valence-corrected chi connectivity index (χ2v) is 3.50. The van der Waals surface area contributed by atoms with Crippen molar-refractivity contribution in [1.29, 1.82) is 0 Å². The normalized spacial score (nSPS) is 11.0. The molecule has 1 rings (SSSR count). The van der Waals surface area contributed by atoms with E-state index < -0.39 is 18.6 Å². The zero-order valence-corrected chi connectivity index (χ0v) is 9.07. The Hall–Kier alpha value is -1.78. The van der Waals surface area contributed by atoms with Gasteiger partial charge in [-0.2, -0.15) is 13.2 Å². The number of hydrogen-bond donors (Lipinski definition) is 0. The quantitative estimate of drug-likeness (QED) is 0.744. The SMILES string of the molecule is C=CC(=O)N(Cc1ccccc1)CC(F)(F)F. The van der Waals surface area contributed by atoms with E-state index in [4.69, 9.17) is 0 Å². The van der Waals surface area contributed by atoms with Crippen molar-refractivity contribution in [1.82, 2.24) is 4.90 Å². The highest BCUT2D eigenvalue weighted by atomic mass is 19.4. The first-order valence-corrected chi connectivity index (χ1v) is 4.94. The van der Waals surface area contributed by atoms with E-state index in [0.29, 0.717) is 10.5 Å². The molecule has 0 bridgehead atoms. The van der Waals surface area contributed by atoms with Crippen LogP contribution < -0.4 is 0 Å². The lowest BCUT2D eigenvalue weighted by Crippen LogP contribution is -2.37. The van der Waals surface area contributed by atoms with Crippen LogP contribution in [-0.4, -0.2) is 23.5 Å². The van der Waals surface area contributed by atoms with E-state index in [1.54, 1.807) is 30.3 Å². The van der Waals surface area contributed by atoms with Crippen LogP contribution in [-0.2, 0) is 11.3 Å². The highest BCUT2D eigenvalue weighted by Crippen LogP contribution is 2.18. The fourth-order valence-corrected chi connectivity index (χ4v) is 1.36. The third-order valence-corrected chi connectivity index (χ3v) is 2.07. The highest BCUT2D eigenvalue weighted by Gasteiger charge is 2.32. The van der Waals surface area contributed by atoms with Gasteiger partial charge in [0.25, 0.3) is 0 Å². The van der Waals surface area contributed by atoms with Crippen LogP contribution in [0.5, 0.6) is 0 Å². The molecular weight excluding hydrogens is 231 g/mol. The Morgan fingerprint density at radius 3 is 2.35 bits per heavy atom. The number of carbonyl (C=O) groups excluding carboxylic acids is 1. The molecular formula is C12H12F3NO. The molecule has 1 aromatic carbocycles. The summed E-state index contributed by atoms with van der Waals surface area (Å²) in [5.74, 6) is -0.730. The summed E-state index contributed by atoms with van der Waals surface area (Å²) in [5, 5.41) is 0. The second kappa shape index (κ2) is 5.52. The maximum atomic E-state index is 12.3. The van der Waals surface area contributed by atoms with Crippen LogP contribution in [0.2, 0.25) is 0 Å². The van der Waals surface area contributed by atoms with Crippen LogP contribution >= 0.6 is 0 Å².